The monoisotopic (exact) mass is 250 g/mol. The SMILES string of the molecule is CNC(c1cc(C)cc(F)c1)c1csc(C)n1. The third-order valence-corrected chi connectivity index (χ3v) is 3.41. The Morgan fingerprint density at radius 2 is 2.06 bits per heavy atom. The Morgan fingerprint density at radius 3 is 2.59 bits per heavy atom. The van der Waals surface area contributed by atoms with Gasteiger partial charge in [-0.2, -0.15) is 0 Å². The maximum Gasteiger partial charge on any atom is 0.123 e. The summed E-state index contributed by atoms with van der Waals surface area (Å²) in [7, 11) is 1.86. The summed E-state index contributed by atoms with van der Waals surface area (Å²) in [5.74, 6) is -0.202. The molecular formula is C13H15FN2S. The first-order chi connectivity index (χ1) is 8.10. The molecule has 1 heterocycles. The van der Waals surface area contributed by atoms with Gasteiger partial charge in [0.25, 0.3) is 0 Å². The molecule has 1 aromatic carbocycles. The van der Waals surface area contributed by atoms with E-state index >= 15 is 0 Å². The fourth-order valence-electron chi connectivity index (χ4n) is 1.93. The number of nitrogens with one attached hydrogen (secondary N) is 1. The van der Waals surface area contributed by atoms with Gasteiger partial charge in [0.05, 0.1) is 16.7 Å². The normalized spacial score (nSPS) is 12.7. The van der Waals surface area contributed by atoms with E-state index < -0.39 is 0 Å². The molecule has 0 fully saturated rings. The number of hydrogen-bond donors (Lipinski definition) is 1. The van der Waals surface area contributed by atoms with E-state index in [-0.39, 0.29) is 11.9 Å². The molecule has 2 aromatic rings. The summed E-state index contributed by atoms with van der Waals surface area (Å²) in [6, 6.07) is 5.03. The van der Waals surface area contributed by atoms with Gasteiger partial charge < -0.3 is 5.32 Å². The van der Waals surface area contributed by atoms with Crippen molar-refractivity contribution in [3.05, 3.63) is 51.2 Å². The molecule has 1 aromatic heterocycles. The quantitative estimate of drug-likeness (QED) is 0.904. The van der Waals surface area contributed by atoms with E-state index in [0.29, 0.717) is 0 Å². The Bertz CT molecular complexity index is 502. The molecule has 90 valence electrons. The van der Waals surface area contributed by atoms with Crippen molar-refractivity contribution in [3.8, 4) is 0 Å². The van der Waals surface area contributed by atoms with Gasteiger partial charge in [-0.3, -0.25) is 0 Å². The number of benzene rings is 1. The Balaban J connectivity index is 2.41. The molecule has 0 spiro atoms. The van der Waals surface area contributed by atoms with Crippen LogP contribution in [-0.4, -0.2) is 12.0 Å². The zero-order chi connectivity index (χ0) is 12.4. The summed E-state index contributed by atoms with van der Waals surface area (Å²) >= 11 is 1.61. The van der Waals surface area contributed by atoms with Crippen LogP contribution in [0, 0.1) is 19.7 Å². The summed E-state index contributed by atoms with van der Waals surface area (Å²) in [6.07, 6.45) is 0. The van der Waals surface area contributed by atoms with Crippen molar-refractivity contribution in [2.45, 2.75) is 19.9 Å². The largest absolute Gasteiger partial charge is 0.308 e. The molecule has 0 bridgehead atoms. The van der Waals surface area contributed by atoms with Gasteiger partial charge in [0.15, 0.2) is 0 Å². The van der Waals surface area contributed by atoms with E-state index in [1.807, 2.05) is 32.3 Å². The average Bonchev–Trinajstić information content (AvgIpc) is 2.64. The average molecular weight is 250 g/mol. The minimum Gasteiger partial charge on any atom is -0.308 e. The molecule has 2 nitrogen and oxygen atoms in total. The lowest BCUT2D eigenvalue weighted by Crippen LogP contribution is -2.18. The van der Waals surface area contributed by atoms with E-state index in [2.05, 4.69) is 10.3 Å². The highest BCUT2D eigenvalue weighted by Crippen LogP contribution is 2.24. The van der Waals surface area contributed by atoms with Crippen LogP contribution in [0.25, 0.3) is 0 Å². The van der Waals surface area contributed by atoms with Gasteiger partial charge >= 0.3 is 0 Å². The Hall–Kier alpha value is -1.26. The van der Waals surface area contributed by atoms with Crippen LogP contribution in [0.4, 0.5) is 4.39 Å². The first kappa shape index (κ1) is 12.2. The Morgan fingerprint density at radius 1 is 1.29 bits per heavy atom. The lowest BCUT2D eigenvalue weighted by Gasteiger charge is -2.15. The van der Waals surface area contributed by atoms with E-state index in [1.54, 1.807) is 17.4 Å². The molecule has 0 saturated heterocycles. The van der Waals surface area contributed by atoms with Gasteiger partial charge in [-0.25, -0.2) is 9.37 Å². The summed E-state index contributed by atoms with van der Waals surface area (Å²) in [5, 5.41) is 6.21. The second kappa shape index (κ2) is 4.94. The van der Waals surface area contributed by atoms with Crippen LogP contribution < -0.4 is 5.32 Å². The van der Waals surface area contributed by atoms with Gasteiger partial charge in [0, 0.05) is 5.38 Å². The lowest BCUT2D eigenvalue weighted by molar-refractivity contribution is 0.613. The van der Waals surface area contributed by atoms with Crippen molar-refractivity contribution < 1.29 is 4.39 Å². The fraction of sp³-hybridized carbons (Fsp3) is 0.308. The fourth-order valence-corrected chi connectivity index (χ4v) is 2.57. The van der Waals surface area contributed by atoms with Crippen molar-refractivity contribution in [3.63, 3.8) is 0 Å². The number of hydrogen-bond acceptors (Lipinski definition) is 3. The predicted octanol–water partition coefficient (Wildman–Crippen LogP) is 3.21. The van der Waals surface area contributed by atoms with Gasteiger partial charge in [0.2, 0.25) is 0 Å². The second-order valence-electron chi connectivity index (χ2n) is 4.07. The molecule has 0 amide bonds. The van der Waals surface area contributed by atoms with E-state index in [1.165, 1.54) is 6.07 Å². The predicted molar refractivity (Wildman–Crippen MR) is 68.9 cm³/mol. The molecule has 4 heteroatoms. The van der Waals surface area contributed by atoms with Crippen molar-refractivity contribution >= 4 is 11.3 Å². The van der Waals surface area contributed by atoms with Crippen LogP contribution in [0.3, 0.4) is 0 Å². The highest BCUT2D eigenvalue weighted by Gasteiger charge is 2.15. The van der Waals surface area contributed by atoms with Crippen LogP contribution >= 0.6 is 11.3 Å². The molecular weight excluding hydrogens is 235 g/mol. The Kier molecular flexibility index (Phi) is 3.54. The molecule has 0 aliphatic heterocycles. The van der Waals surface area contributed by atoms with Gasteiger partial charge in [-0.15, -0.1) is 11.3 Å². The van der Waals surface area contributed by atoms with Crippen molar-refractivity contribution in [1.29, 1.82) is 0 Å². The van der Waals surface area contributed by atoms with Crippen LogP contribution in [0.1, 0.15) is 27.9 Å². The first-order valence-corrected chi connectivity index (χ1v) is 6.34. The van der Waals surface area contributed by atoms with Crippen LogP contribution in [0.5, 0.6) is 0 Å². The Labute approximate surface area is 105 Å². The molecule has 0 aliphatic carbocycles. The molecule has 0 radical (unpaired) electrons. The maximum atomic E-state index is 13.4. The molecule has 1 N–H and O–H groups in total. The minimum absolute atomic E-state index is 0.0469. The maximum absolute atomic E-state index is 13.4. The van der Waals surface area contributed by atoms with E-state index in [0.717, 1.165) is 21.8 Å². The molecule has 0 saturated carbocycles. The number of rotatable bonds is 3. The van der Waals surface area contributed by atoms with Gasteiger partial charge in [-0.05, 0) is 44.2 Å². The van der Waals surface area contributed by atoms with Gasteiger partial charge in [-0.1, -0.05) is 6.07 Å². The number of aryl methyl sites for hydroxylation is 2. The number of thiazole rings is 1. The van der Waals surface area contributed by atoms with Crippen molar-refractivity contribution in [2.24, 2.45) is 0 Å². The molecule has 1 atom stereocenters. The van der Waals surface area contributed by atoms with E-state index in [4.69, 9.17) is 0 Å². The smallest absolute Gasteiger partial charge is 0.123 e. The zero-order valence-electron chi connectivity index (χ0n) is 10.1. The molecule has 17 heavy (non-hydrogen) atoms. The number of halogens is 1. The first-order valence-electron chi connectivity index (χ1n) is 5.46. The summed E-state index contributed by atoms with van der Waals surface area (Å²) in [4.78, 5) is 4.45. The van der Waals surface area contributed by atoms with E-state index in [9.17, 15) is 4.39 Å². The standard InChI is InChI=1S/C13H15FN2S/c1-8-4-10(6-11(14)5-8)13(15-3)12-7-17-9(2)16-12/h4-7,13,15H,1-3H3. The van der Waals surface area contributed by atoms with Gasteiger partial charge in [0.1, 0.15) is 5.82 Å². The zero-order valence-corrected chi connectivity index (χ0v) is 10.9. The highest BCUT2D eigenvalue weighted by atomic mass is 32.1. The van der Waals surface area contributed by atoms with Crippen molar-refractivity contribution in [2.75, 3.05) is 7.05 Å². The summed E-state index contributed by atoms with van der Waals surface area (Å²) in [5.41, 5.74) is 2.78. The number of nitrogens with zero attached hydrogens (tertiary/aromatic N) is 1. The summed E-state index contributed by atoms with van der Waals surface area (Å²) in [6.45, 7) is 3.86. The molecule has 0 aliphatic rings. The minimum atomic E-state index is -0.202. The second-order valence-corrected chi connectivity index (χ2v) is 5.14. The third kappa shape index (κ3) is 2.70. The highest BCUT2D eigenvalue weighted by molar-refractivity contribution is 7.09. The molecule has 1 unspecified atom stereocenters. The third-order valence-electron chi connectivity index (χ3n) is 2.62. The van der Waals surface area contributed by atoms with Crippen LogP contribution in [-0.2, 0) is 0 Å². The van der Waals surface area contributed by atoms with Crippen LogP contribution in [0.2, 0.25) is 0 Å². The molecule has 2 rings (SSSR count). The number of aromatic nitrogens is 1. The van der Waals surface area contributed by atoms with Crippen molar-refractivity contribution in [1.82, 2.24) is 10.3 Å². The topological polar surface area (TPSA) is 24.9 Å². The summed E-state index contributed by atoms with van der Waals surface area (Å²) < 4.78 is 13.4. The van der Waals surface area contributed by atoms with Crippen LogP contribution in [0.15, 0.2) is 23.6 Å². The lowest BCUT2D eigenvalue weighted by atomic mass is 10.0.